The maximum Gasteiger partial charge on any atom is 0.235 e. The summed E-state index contributed by atoms with van der Waals surface area (Å²) in [6.45, 7) is 3.29. The number of piperidine rings is 1. The van der Waals surface area contributed by atoms with E-state index in [1.54, 1.807) is 7.11 Å². The van der Waals surface area contributed by atoms with Crippen LogP contribution in [-0.4, -0.2) is 54.2 Å². The number of amides is 1. The van der Waals surface area contributed by atoms with E-state index < -0.39 is 0 Å². The molecule has 1 aromatic heterocycles. The normalized spacial score (nSPS) is 22.9. The van der Waals surface area contributed by atoms with Gasteiger partial charge in [-0.1, -0.05) is 12.1 Å². The number of fused-ring (bicyclic) bond motifs is 1. The van der Waals surface area contributed by atoms with Gasteiger partial charge in [-0.25, -0.2) is 9.97 Å². The quantitative estimate of drug-likeness (QED) is 0.843. The highest BCUT2D eigenvalue weighted by molar-refractivity contribution is 5.77. The molecule has 2 aliphatic rings. The standard InChI is InChI=1S/C20H25N3O3/c1-25-19-17(21-15-5-2-3-6-16(15)22-19)7-8-18(24)23-11-4-9-20(13-23)10-12-26-14-20/h2-3,5-6H,4,7-14H2,1H3/t20-/m0/s1. The number of benzene rings is 1. The lowest BCUT2D eigenvalue weighted by Gasteiger charge is -2.39. The van der Waals surface area contributed by atoms with Crippen LogP contribution in [-0.2, 0) is 16.0 Å². The summed E-state index contributed by atoms with van der Waals surface area (Å²) in [6, 6.07) is 7.71. The largest absolute Gasteiger partial charge is 0.480 e. The van der Waals surface area contributed by atoms with Crippen LogP contribution in [0.1, 0.15) is 31.4 Å². The van der Waals surface area contributed by atoms with Crippen LogP contribution in [0.25, 0.3) is 11.0 Å². The van der Waals surface area contributed by atoms with Crippen LogP contribution in [0.5, 0.6) is 5.88 Å². The predicted octanol–water partition coefficient (Wildman–Crippen LogP) is 2.60. The van der Waals surface area contributed by atoms with Crippen molar-refractivity contribution in [1.82, 2.24) is 14.9 Å². The van der Waals surface area contributed by atoms with Crippen molar-refractivity contribution in [3.8, 4) is 5.88 Å². The summed E-state index contributed by atoms with van der Waals surface area (Å²) in [7, 11) is 1.60. The van der Waals surface area contributed by atoms with Crippen molar-refractivity contribution < 1.29 is 14.3 Å². The van der Waals surface area contributed by atoms with Crippen molar-refractivity contribution >= 4 is 16.9 Å². The number of para-hydroxylation sites is 2. The van der Waals surface area contributed by atoms with Gasteiger partial charge in [-0.15, -0.1) is 0 Å². The van der Waals surface area contributed by atoms with E-state index in [1.807, 2.05) is 29.2 Å². The molecule has 0 saturated carbocycles. The van der Waals surface area contributed by atoms with Crippen LogP contribution in [0, 0.1) is 5.41 Å². The highest BCUT2D eigenvalue weighted by atomic mass is 16.5. The van der Waals surface area contributed by atoms with Crippen LogP contribution in [0.4, 0.5) is 0 Å². The first kappa shape index (κ1) is 17.2. The zero-order valence-corrected chi connectivity index (χ0v) is 15.2. The SMILES string of the molecule is COc1nc2ccccc2nc1CCC(=O)N1CCC[C@]2(CCOC2)C1. The second-order valence-electron chi connectivity index (χ2n) is 7.39. The number of aromatic nitrogens is 2. The number of hydrogen-bond acceptors (Lipinski definition) is 5. The molecule has 0 bridgehead atoms. The molecule has 138 valence electrons. The van der Waals surface area contributed by atoms with Crippen molar-refractivity contribution in [3.63, 3.8) is 0 Å². The van der Waals surface area contributed by atoms with Crippen molar-refractivity contribution in [2.24, 2.45) is 5.41 Å². The third-order valence-corrected chi connectivity index (χ3v) is 5.57. The molecular weight excluding hydrogens is 330 g/mol. The molecule has 0 unspecified atom stereocenters. The van der Waals surface area contributed by atoms with E-state index in [1.165, 1.54) is 6.42 Å². The van der Waals surface area contributed by atoms with Gasteiger partial charge in [-0.2, -0.15) is 0 Å². The lowest BCUT2D eigenvalue weighted by molar-refractivity contribution is -0.134. The first-order valence-corrected chi connectivity index (χ1v) is 9.34. The zero-order valence-electron chi connectivity index (χ0n) is 15.2. The topological polar surface area (TPSA) is 64.6 Å². The molecule has 2 fully saturated rings. The van der Waals surface area contributed by atoms with E-state index in [9.17, 15) is 4.79 Å². The third-order valence-electron chi connectivity index (χ3n) is 5.57. The summed E-state index contributed by atoms with van der Waals surface area (Å²) in [4.78, 5) is 24.0. The number of carbonyl (C=O) groups excluding carboxylic acids is 1. The Labute approximate surface area is 153 Å². The van der Waals surface area contributed by atoms with Crippen LogP contribution >= 0.6 is 0 Å². The van der Waals surface area contributed by atoms with E-state index in [-0.39, 0.29) is 11.3 Å². The minimum atomic E-state index is 0.188. The molecule has 1 amide bonds. The summed E-state index contributed by atoms with van der Waals surface area (Å²) in [5, 5.41) is 0. The number of aryl methyl sites for hydroxylation is 1. The van der Waals surface area contributed by atoms with E-state index in [0.29, 0.717) is 18.7 Å². The van der Waals surface area contributed by atoms with Crippen molar-refractivity contribution in [3.05, 3.63) is 30.0 Å². The lowest BCUT2D eigenvalue weighted by atomic mass is 9.79. The Bertz CT molecular complexity index is 802. The predicted molar refractivity (Wildman–Crippen MR) is 98.1 cm³/mol. The number of rotatable bonds is 4. The molecule has 26 heavy (non-hydrogen) atoms. The fourth-order valence-electron chi connectivity index (χ4n) is 4.12. The van der Waals surface area contributed by atoms with Gasteiger partial charge in [0.15, 0.2) is 0 Å². The molecule has 0 aliphatic carbocycles. The average molecular weight is 355 g/mol. The Kier molecular flexibility index (Phi) is 4.76. The van der Waals surface area contributed by atoms with Gasteiger partial charge in [0.05, 0.1) is 24.8 Å². The van der Waals surface area contributed by atoms with Gasteiger partial charge in [-0.05, 0) is 31.4 Å². The van der Waals surface area contributed by atoms with E-state index >= 15 is 0 Å². The molecule has 2 aliphatic heterocycles. The van der Waals surface area contributed by atoms with Crippen LogP contribution in [0.3, 0.4) is 0 Å². The van der Waals surface area contributed by atoms with Gasteiger partial charge in [0.1, 0.15) is 5.69 Å². The molecule has 1 spiro atoms. The van der Waals surface area contributed by atoms with Crippen molar-refractivity contribution in [1.29, 1.82) is 0 Å². The number of ether oxygens (including phenoxy) is 2. The van der Waals surface area contributed by atoms with Gasteiger partial charge in [0.2, 0.25) is 11.8 Å². The average Bonchev–Trinajstić information content (AvgIpc) is 3.12. The van der Waals surface area contributed by atoms with Crippen molar-refractivity contribution in [2.75, 3.05) is 33.4 Å². The van der Waals surface area contributed by atoms with Crippen LogP contribution in [0.15, 0.2) is 24.3 Å². The molecule has 4 rings (SSSR count). The number of nitrogens with zero attached hydrogens (tertiary/aromatic N) is 3. The number of carbonyl (C=O) groups is 1. The second kappa shape index (κ2) is 7.19. The minimum absolute atomic E-state index is 0.188. The molecule has 6 heteroatoms. The summed E-state index contributed by atoms with van der Waals surface area (Å²) >= 11 is 0. The van der Waals surface area contributed by atoms with Gasteiger partial charge in [0, 0.05) is 38.0 Å². The molecule has 1 atom stereocenters. The number of methoxy groups -OCH3 is 1. The van der Waals surface area contributed by atoms with E-state index in [4.69, 9.17) is 9.47 Å². The van der Waals surface area contributed by atoms with Crippen LogP contribution < -0.4 is 4.74 Å². The van der Waals surface area contributed by atoms with Gasteiger partial charge in [-0.3, -0.25) is 4.79 Å². The van der Waals surface area contributed by atoms with Crippen molar-refractivity contribution in [2.45, 2.75) is 32.1 Å². The summed E-state index contributed by atoms with van der Waals surface area (Å²) < 4.78 is 11.0. The number of likely N-dealkylation sites (tertiary alicyclic amines) is 1. The highest BCUT2D eigenvalue weighted by Crippen LogP contribution is 2.37. The molecule has 1 aromatic carbocycles. The first-order valence-electron chi connectivity index (χ1n) is 9.34. The Morgan fingerprint density at radius 2 is 2.08 bits per heavy atom. The Hall–Kier alpha value is -2.21. The zero-order chi connectivity index (χ0) is 18.0. The fraction of sp³-hybridized carbons (Fsp3) is 0.550. The Morgan fingerprint density at radius 3 is 2.81 bits per heavy atom. The highest BCUT2D eigenvalue weighted by Gasteiger charge is 2.40. The molecular formula is C20H25N3O3. The summed E-state index contributed by atoms with van der Waals surface area (Å²) in [5.74, 6) is 0.698. The molecule has 0 N–H and O–H groups in total. The summed E-state index contributed by atoms with van der Waals surface area (Å²) in [5.41, 5.74) is 2.57. The molecule has 3 heterocycles. The Morgan fingerprint density at radius 1 is 1.27 bits per heavy atom. The third kappa shape index (κ3) is 3.38. The monoisotopic (exact) mass is 355 g/mol. The Balaban J connectivity index is 1.45. The first-order chi connectivity index (χ1) is 12.7. The maximum absolute atomic E-state index is 12.8. The minimum Gasteiger partial charge on any atom is -0.480 e. The van der Waals surface area contributed by atoms with Gasteiger partial charge >= 0.3 is 0 Å². The van der Waals surface area contributed by atoms with Gasteiger partial charge in [0.25, 0.3) is 0 Å². The molecule has 2 saturated heterocycles. The summed E-state index contributed by atoms with van der Waals surface area (Å²) in [6.07, 6.45) is 4.27. The second-order valence-corrected chi connectivity index (χ2v) is 7.39. The molecule has 6 nitrogen and oxygen atoms in total. The molecule has 0 radical (unpaired) electrons. The fourth-order valence-corrected chi connectivity index (χ4v) is 4.12. The smallest absolute Gasteiger partial charge is 0.235 e. The van der Waals surface area contributed by atoms with E-state index in [2.05, 4.69) is 9.97 Å². The van der Waals surface area contributed by atoms with Gasteiger partial charge < -0.3 is 14.4 Å². The maximum atomic E-state index is 12.8. The van der Waals surface area contributed by atoms with Crippen LogP contribution in [0.2, 0.25) is 0 Å². The lowest BCUT2D eigenvalue weighted by Crippen LogP contribution is -2.46. The number of hydrogen-bond donors (Lipinski definition) is 0. The van der Waals surface area contributed by atoms with E-state index in [0.717, 1.165) is 55.9 Å². The molecule has 2 aromatic rings.